The number of fused-ring (bicyclic) bond motifs is 1. The van der Waals surface area contributed by atoms with Crippen LogP contribution in [0.3, 0.4) is 0 Å². The van der Waals surface area contributed by atoms with Gasteiger partial charge in [0.1, 0.15) is 11.9 Å². The van der Waals surface area contributed by atoms with Crippen molar-refractivity contribution in [3.8, 4) is 5.75 Å². The molecule has 0 saturated heterocycles. The Bertz CT molecular complexity index is 626. The first-order valence-corrected chi connectivity index (χ1v) is 7.18. The van der Waals surface area contributed by atoms with Gasteiger partial charge < -0.3 is 10.5 Å². The Morgan fingerprint density at radius 3 is 3.15 bits per heavy atom. The minimum Gasteiger partial charge on any atom is -0.488 e. The molecular formula is C14H17ClN4O. The molecule has 0 radical (unpaired) electrons. The highest BCUT2D eigenvalue weighted by atomic mass is 35.5. The number of hydrogen-bond acceptors (Lipinski definition) is 4. The maximum Gasteiger partial charge on any atom is 0.169 e. The van der Waals surface area contributed by atoms with Crippen molar-refractivity contribution in [3.05, 3.63) is 34.5 Å². The zero-order valence-corrected chi connectivity index (χ0v) is 12.1. The van der Waals surface area contributed by atoms with Crippen LogP contribution in [0, 0.1) is 0 Å². The normalized spacial score (nSPS) is 17.0. The summed E-state index contributed by atoms with van der Waals surface area (Å²) in [5.74, 6) is 1.43. The maximum absolute atomic E-state index is 6.00. The summed E-state index contributed by atoms with van der Waals surface area (Å²) in [5, 5.41) is 8.81. The highest BCUT2D eigenvalue weighted by molar-refractivity contribution is 6.30. The van der Waals surface area contributed by atoms with Gasteiger partial charge in [0, 0.05) is 11.4 Å². The van der Waals surface area contributed by atoms with Crippen LogP contribution in [0.4, 0.5) is 5.82 Å². The Labute approximate surface area is 122 Å². The maximum atomic E-state index is 6.00. The second-order valence-electron chi connectivity index (χ2n) is 5.05. The van der Waals surface area contributed by atoms with Gasteiger partial charge in [-0.2, -0.15) is 0 Å². The van der Waals surface area contributed by atoms with Crippen LogP contribution in [0.1, 0.15) is 24.6 Å². The van der Waals surface area contributed by atoms with Gasteiger partial charge in [0.15, 0.2) is 5.82 Å². The van der Waals surface area contributed by atoms with Gasteiger partial charge in [-0.3, -0.25) is 0 Å². The third-order valence-electron chi connectivity index (χ3n) is 3.49. The lowest BCUT2D eigenvalue weighted by molar-refractivity contribution is 0.200. The van der Waals surface area contributed by atoms with Gasteiger partial charge in [-0.15, -0.1) is 5.10 Å². The molecule has 1 atom stereocenters. The van der Waals surface area contributed by atoms with Crippen molar-refractivity contribution in [1.82, 2.24) is 15.0 Å². The molecule has 1 aromatic heterocycles. The van der Waals surface area contributed by atoms with Crippen LogP contribution in [0.5, 0.6) is 5.75 Å². The Hall–Kier alpha value is -1.75. The number of aromatic nitrogens is 3. The van der Waals surface area contributed by atoms with E-state index < -0.39 is 0 Å². The van der Waals surface area contributed by atoms with Crippen LogP contribution in [0.2, 0.25) is 5.02 Å². The monoisotopic (exact) mass is 292 g/mol. The number of nitrogens with zero attached hydrogens (tertiary/aromatic N) is 3. The predicted octanol–water partition coefficient (Wildman–Crippen LogP) is 2.47. The molecule has 0 aliphatic carbocycles. The Morgan fingerprint density at radius 1 is 1.50 bits per heavy atom. The molecule has 1 aliphatic rings. The quantitative estimate of drug-likeness (QED) is 0.940. The SMILES string of the molecule is CCCc1c(N)nnn1CC1Cc2cc(Cl)ccc2O1. The number of nitrogens with two attached hydrogens (primary N) is 1. The smallest absolute Gasteiger partial charge is 0.169 e. The second kappa shape index (κ2) is 5.32. The minimum absolute atomic E-state index is 0.0557. The molecule has 0 bridgehead atoms. The third kappa shape index (κ3) is 2.45. The van der Waals surface area contributed by atoms with Crippen molar-refractivity contribution in [2.24, 2.45) is 0 Å². The fourth-order valence-corrected chi connectivity index (χ4v) is 2.77. The predicted molar refractivity (Wildman–Crippen MR) is 78.0 cm³/mol. The highest BCUT2D eigenvalue weighted by Gasteiger charge is 2.25. The second-order valence-corrected chi connectivity index (χ2v) is 5.49. The lowest BCUT2D eigenvalue weighted by Crippen LogP contribution is -2.23. The van der Waals surface area contributed by atoms with E-state index in [1.54, 1.807) is 0 Å². The molecule has 106 valence electrons. The Morgan fingerprint density at radius 2 is 2.35 bits per heavy atom. The molecule has 2 aromatic rings. The third-order valence-corrected chi connectivity index (χ3v) is 3.73. The first-order chi connectivity index (χ1) is 9.67. The number of benzene rings is 1. The van der Waals surface area contributed by atoms with Crippen molar-refractivity contribution in [2.75, 3.05) is 5.73 Å². The summed E-state index contributed by atoms with van der Waals surface area (Å²) in [5.41, 5.74) is 7.99. The summed E-state index contributed by atoms with van der Waals surface area (Å²) in [6.45, 7) is 2.77. The van der Waals surface area contributed by atoms with Gasteiger partial charge in [0.25, 0.3) is 0 Å². The van der Waals surface area contributed by atoms with E-state index in [2.05, 4.69) is 17.2 Å². The van der Waals surface area contributed by atoms with Crippen LogP contribution in [0.15, 0.2) is 18.2 Å². The van der Waals surface area contributed by atoms with Crippen LogP contribution in [-0.2, 0) is 19.4 Å². The number of halogens is 1. The van der Waals surface area contributed by atoms with Crippen molar-refractivity contribution < 1.29 is 4.74 Å². The molecule has 20 heavy (non-hydrogen) atoms. The first kappa shape index (κ1) is 13.2. The molecule has 0 saturated carbocycles. The van der Waals surface area contributed by atoms with E-state index in [-0.39, 0.29) is 6.10 Å². The first-order valence-electron chi connectivity index (χ1n) is 6.80. The average molecular weight is 293 g/mol. The Kier molecular flexibility index (Phi) is 3.53. The molecule has 1 unspecified atom stereocenters. The number of hydrogen-bond donors (Lipinski definition) is 1. The molecule has 3 rings (SSSR count). The fraction of sp³-hybridized carbons (Fsp3) is 0.429. The van der Waals surface area contributed by atoms with Gasteiger partial charge in [0.05, 0.1) is 12.2 Å². The molecule has 1 aliphatic heterocycles. The average Bonchev–Trinajstić information content (AvgIpc) is 2.96. The standard InChI is InChI=1S/C14H17ClN4O/c1-2-3-12-14(16)17-18-19(12)8-11-7-9-6-10(15)4-5-13(9)20-11/h4-6,11H,2-3,7-8,16H2,1H3. The van der Waals surface area contributed by atoms with Gasteiger partial charge >= 0.3 is 0 Å². The van der Waals surface area contributed by atoms with E-state index in [0.29, 0.717) is 12.4 Å². The van der Waals surface area contributed by atoms with Gasteiger partial charge in [-0.05, 0) is 30.2 Å². The minimum atomic E-state index is 0.0557. The zero-order valence-electron chi connectivity index (χ0n) is 11.3. The molecule has 0 amide bonds. The van der Waals surface area contributed by atoms with E-state index >= 15 is 0 Å². The zero-order chi connectivity index (χ0) is 14.1. The fourth-order valence-electron chi connectivity index (χ4n) is 2.57. The van der Waals surface area contributed by atoms with Gasteiger partial charge in [-0.25, -0.2) is 4.68 Å². The molecule has 2 N–H and O–H groups in total. The van der Waals surface area contributed by atoms with Crippen molar-refractivity contribution in [2.45, 2.75) is 38.8 Å². The summed E-state index contributed by atoms with van der Waals surface area (Å²) in [4.78, 5) is 0. The van der Waals surface area contributed by atoms with Crippen molar-refractivity contribution >= 4 is 17.4 Å². The largest absolute Gasteiger partial charge is 0.488 e. The lowest BCUT2D eigenvalue weighted by Gasteiger charge is -2.12. The summed E-state index contributed by atoms with van der Waals surface area (Å²) in [6, 6.07) is 5.72. The Balaban J connectivity index is 1.75. The van der Waals surface area contributed by atoms with E-state index in [9.17, 15) is 0 Å². The molecule has 2 heterocycles. The molecule has 0 spiro atoms. The van der Waals surface area contributed by atoms with E-state index in [1.807, 2.05) is 22.9 Å². The van der Waals surface area contributed by atoms with E-state index in [1.165, 1.54) is 0 Å². The molecular weight excluding hydrogens is 276 g/mol. The number of rotatable bonds is 4. The topological polar surface area (TPSA) is 66.0 Å². The van der Waals surface area contributed by atoms with E-state index in [4.69, 9.17) is 22.1 Å². The number of anilines is 1. The molecule has 5 nitrogen and oxygen atoms in total. The van der Waals surface area contributed by atoms with Crippen LogP contribution in [0.25, 0.3) is 0 Å². The molecule has 0 fully saturated rings. The summed E-state index contributed by atoms with van der Waals surface area (Å²) in [7, 11) is 0. The summed E-state index contributed by atoms with van der Waals surface area (Å²) in [6.07, 6.45) is 2.78. The van der Waals surface area contributed by atoms with Gasteiger partial charge in [0.2, 0.25) is 0 Å². The molecule has 6 heteroatoms. The van der Waals surface area contributed by atoms with Crippen LogP contribution >= 0.6 is 11.6 Å². The van der Waals surface area contributed by atoms with Crippen molar-refractivity contribution in [1.29, 1.82) is 0 Å². The lowest BCUT2D eigenvalue weighted by atomic mass is 10.1. The molecule has 1 aromatic carbocycles. The van der Waals surface area contributed by atoms with Gasteiger partial charge in [-0.1, -0.05) is 30.2 Å². The number of ether oxygens (including phenoxy) is 1. The number of nitrogen functional groups attached to an aromatic ring is 1. The highest BCUT2D eigenvalue weighted by Crippen LogP contribution is 2.31. The van der Waals surface area contributed by atoms with Crippen LogP contribution < -0.4 is 10.5 Å². The summed E-state index contributed by atoms with van der Waals surface area (Å²) < 4.78 is 7.78. The van der Waals surface area contributed by atoms with E-state index in [0.717, 1.165) is 41.3 Å². The summed E-state index contributed by atoms with van der Waals surface area (Å²) >= 11 is 6.00. The van der Waals surface area contributed by atoms with Crippen LogP contribution in [-0.4, -0.2) is 21.1 Å². The van der Waals surface area contributed by atoms with Crippen molar-refractivity contribution in [3.63, 3.8) is 0 Å².